The zero-order valence-corrected chi connectivity index (χ0v) is 11.7. The summed E-state index contributed by atoms with van der Waals surface area (Å²) >= 11 is 5.99. The van der Waals surface area contributed by atoms with Gasteiger partial charge in [0.15, 0.2) is 0 Å². The first-order valence-electron chi connectivity index (χ1n) is 5.97. The van der Waals surface area contributed by atoms with Crippen molar-refractivity contribution in [2.45, 2.75) is 13.3 Å². The number of carbonyl (C=O) groups excluding carboxylic acids is 2. The van der Waals surface area contributed by atoms with Crippen LogP contribution in [0.4, 0.5) is 5.69 Å². The second-order valence-electron chi connectivity index (χ2n) is 3.89. The van der Waals surface area contributed by atoms with E-state index in [2.05, 4.69) is 15.4 Å². The minimum Gasteiger partial charge on any atom is -0.465 e. The van der Waals surface area contributed by atoms with E-state index in [0.717, 1.165) is 6.42 Å². The predicted molar refractivity (Wildman–Crippen MR) is 74.6 cm³/mol. The Morgan fingerprint density at radius 2 is 2.11 bits per heavy atom. The first-order valence-corrected chi connectivity index (χ1v) is 6.34. The number of hydrogen-bond acceptors (Lipinski definition) is 4. The van der Waals surface area contributed by atoms with Gasteiger partial charge in [-0.25, -0.2) is 4.79 Å². The molecule has 0 bridgehead atoms. The summed E-state index contributed by atoms with van der Waals surface area (Å²) in [6.45, 7) is 2.71. The molecule has 104 valence electrons. The Balaban J connectivity index is 2.67. The van der Waals surface area contributed by atoms with Gasteiger partial charge in [-0.2, -0.15) is 0 Å². The molecule has 6 heteroatoms. The highest BCUT2D eigenvalue weighted by Crippen LogP contribution is 2.23. The van der Waals surface area contributed by atoms with E-state index in [-0.39, 0.29) is 12.5 Å². The van der Waals surface area contributed by atoms with E-state index in [4.69, 9.17) is 11.6 Å². The molecule has 0 saturated carbocycles. The first-order chi connectivity index (χ1) is 9.08. The number of anilines is 1. The van der Waals surface area contributed by atoms with E-state index in [1.54, 1.807) is 18.2 Å². The van der Waals surface area contributed by atoms with Crippen LogP contribution >= 0.6 is 11.6 Å². The molecule has 1 rings (SSSR count). The van der Waals surface area contributed by atoms with Gasteiger partial charge < -0.3 is 15.4 Å². The molecule has 0 aromatic heterocycles. The highest BCUT2D eigenvalue weighted by atomic mass is 35.5. The van der Waals surface area contributed by atoms with Crippen LogP contribution in [0.25, 0.3) is 0 Å². The van der Waals surface area contributed by atoms with E-state index < -0.39 is 5.97 Å². The number of amides is 1. The van der Waals surface area contributed by atoms with E-state index in [1.165, 1.54) is 7.11 Å². The minimum absolute atomic E-state index is 0.102. The van der Waals surface area contributed by atoms with E-state index in [9.17, 15) is 9.59 Å². The number of ether oxygens (including phenoxy) is 1. The van der Waals surface area contributed by atoms with Crippen molar-refractivity contribution in [2.24, 2.45) is 0 Å². The summed E-state index contributed by atoms with van der Waals surface area (Å²) < 4.78 is 4.62. The second-order valence-corrected chi connectivity index (χ2v) is 4.30. The number of esters is 1. The third kappa shape index (κ3) is 4.79. The Morgan fingerprint density at radius 3 is 2.74 bits per heavy atom. The summed E-state index contributed by atoms with van der Waals surface area (Å²) in [5, 5.41) is 6.06. The molecule has 0 aliphatic heterocycles. The topological polar surface area (TPSA) is 67.4 Å². The molecule has 0 saturated heterocycles. The fraction of sp³-hybridized carbons (Fsp3) is 0.385. The maximum Gasteiger partial charge on any atom is 0.337 e. The largest absolute Gasteiger partial charge is 0.465 e. The summed E-state index contributed by atoms with van der Waals surface area (Å²) in [6.07, 6.45) is 0.879. The molecule has 0 aliphatic rings. The maximum atomic E-state index is 11.5. The van der Waals surface area contributed by atoms with Crippen molar-refractivity contribution in [3.63, 3.8) is 0 Å². The zero-order chi connectivity index (χ0) is 14.3. The lowest BCUT2D eigenvalue weighted by atomic mass is 10.2. The van der Waals surface area contributed by atoms with Gasteiger partial charge in [0.1, 0.15) is 0 Å². The second kappa shape index (κ2) is 7.63. The molecule has 2 N–H and O–H groups in total. The van der Waals surface area contributed by atoms with Gasteiger partial charge in [0.25, 0.3) is 0 Å². The highest BCUT2D eigenvalue weighted by molar-refractivity contribution is 6.33. The average molecular weight is 285 g/mol. The Labute approximate surface area is 117 Å². The average Bonchev–Trinajstić information content (AvgIpc) is 2.43. The third-order valence-electron chi connectivity index (χ3n) is 2.40. The molecule has 0 radical (unpaired) electrons. The van der Waals surface area contributed by atoms with Crippen LogP contribution in [0.15, 0.2) is 18.2 Å². The predicted octanol–water partition coefficient (Wildman–Crippen LogP) is 2.06. The van der Waals surface area contributed by atoms with Gasteiger partial charge in [0, 0.05) is 6.54 Å². The molecule has 1 aromatic rings. The van der Waals surface area contributed by atoms with Crippen molar-refractivity contribution in [3.8, 4) is 0 Å². The molecule has 1 aromatic carbocycles. The standard InChI is InChI=1S/C13H17ClN2O3/c1-3-6-15-12(17)8-16-11-7-9(13(18)19-2)4-5-10(11)14/h4-5,7,16H,3,6,8H2,1-2H3,(H,15,17). The van der Waals surface area contributed by atoms with Crippen LogP contribution in [0.3, 0.4) is 0 Å². The van der Waals surface area contributed by atoms with Crippen molar-refractivity contribution < 1.29 is 14.3 Å². The molecule has 0 aliphatic carbocycles. The zero-order valence-electron chi connectivity index (χ0n) is 11.0. The van der Waals surface area contributed by atoms with Crippen molar-refractivity contribution in [1.29, 1.82) is 0 Å². The number of halogens is 1. The SMILES string of the molecule is CCCNC(=O)CNc1cc(C(=O)OC)ccc1Cl. The number of hydrogen-bond donors (Lipinski definition) is 2. The third-order valence-corrected chi connectivity index (χ3v) is 2.73. The Hall–Kier alpha value is -1.75. The van der Waals surface area contributed by atoms with Gasteiger partial charge in [-0.15, -0.1) is 0 Å². The number of nitrogens with one attached hydrogen (secondary N) is 2. The fourth-order valence-electron chi connectivity index (χ4n) is 1.41. The van der Waals surface area contributed by atoms with Crippen LogP contribution in [0.2, 0.25) is 5.02 Å². The number of methoxy groups -OCH3 is 1. The van der Waals surface area contributed by atoms with Crippen molar-refractivity contribution in [2.75, 3.05) is 25.5 Å². The normalized spacial score (nSPS) is 9.84. The monoisotopic (exact) mass is 284 g/mol. The van der Waals surface area contributed by atoms with Gasteiger partial charge in [-0.1, -0.05) is 18.5 Å². The summed E-state index contributed by atoms with van der Waals surface area (Å²) in [4.78, 5) is 22.8. The summed E-state index contributed by atoms with van der Waals surface area (Å²) in [7, 11) is 1.31. The van der Waals surface area contributed by atoms with Crippen LogP contribution in [-0.2, 0) is 9.53 Å². The van der Waals surface area contributed by atoms with E-state index in [0.29, 0.717) is 22.8 Å². The van der Waals surface area contributed by atoms with Gasteiger partial charge in [-0.05, 0) is 24.6 Å². The van der Waals surface area contributed by atoms with Crippen LogP contribution in [-0.4, -0.2) is 32.1 Å². The molecule has 0 fully saturated rings. The molecule has 0 spiro atoms. The van der Waals surface area contributed by atoms with Crippen LogP contribution in [0.1, 0.15) is 23.7 Å². The molecule has 0 atom stereocenters. The lowest BCUT2D eigenvalue weighted by Gasteiger charge is -2.10. The van der Waals surface area contributed by atoms with E-state index >= 15 is 0 Å². The van der Waals surface area contributed by atoms with E-state index in [1.807, 2.05) is 6.92 Å². The van der Waals surface area contributed by atoms with Crippen LogP contribution in [0, 0.1) is 0 Å². The molecule has 0 heterocycles. The fourth-order valence-corrected chi connectivity index (χ4v) is 1.59. The van der Waals surface area contributed by atoms with Gasteiger partial charge in [0.2, 0.25) is 5.91 Å². The molecular weight excluding hydrogens is 268 g/mol. The van der Waals surface area contributed by atoms with Crippen LogP contribution < -0.4 is 10.6 Å². The lowest BCUT2D eigenvalue weighted by molar-refractivity contribution is -0.119. The molecule has 1 amide bonds. The number of benzene rings is 1. The molecular formula is C13H17ClN2O3. The van der Waals surface area contributed by atoms with Crippen molar-refractivity contribution >= 4 is 29.2 Å². The van der Waals surface area contributed by atoms with Gasteiger partial charge in [-0.3, -0.25) is 4.79 Å². The molecule has 0 unspecified atom stereocenters. The maximum absolute atomic E-state index is 11.5. The smallest absolute Gasteiger partial charge is 0.337 e. The number of carbonyl (C=O) groups is 2. The van der Waals surface area contributed by atoms with Crippen molar-refractivity contribution in [1.82, 2.24) is 5.32 Å². The first kappa shape index (κ1) is 15.3. The number of rotatable bonds is 6. The van der Waals surface area contributed by atoms with Crippen LogP contribution in [0.5, 0.6) is 0 Å². The molecule has 5 nitrogen and oxygen atoms in total. The Kier molecular flexibility index (Phi) is 6.15. The van der Waals surface area contributed by atoms with Gasteiger partial charge in [0.05, 0.1) is 29.9 Å². The summed E-state index contributed by atoms with van der Waals surface area (Å²) in [6, 6.07) is 4.71. The summed E-state index contributed by atoms with van der Waals surface area (Å²) in [5.74, 6) is -0.573. The van der Waals surface area contributed by atoms with Crippen molar-refractivity contribution in [3.05, 3.63) is 28.8 Å². The quantitative estimate of drug-likeness (QED) is 0.785. The highest BCUT2D eigenvalue weighted by Gasteiger charge is 2.09. The summed E-state index contributed by atoms with van der Waals surface area (Å²) in [5.41, 5.74) is 0.902. The lowest BCUT2D eigenvalue weighted by Crippen LogP contribution is -2.30. The Bertz CT molecular complexity index is 463. The van der Waals surface area contributed by atoms with Gasteiger partial charge >= 0.3 is 5.97 Å². The minimum atomic E-state index is -0.449. The molecule has 19 heavy (non-hydrogen) atoms. The Morgan fingerprint density at radius 1 is 1.37 bits per heavy atom.